The number of thioether (sulfide) groups is 1. The number of carboxylic acid groups (broad SMARTS) is 1. The Balaban J connectivity index is 1.51. The fourth-order valence-corrected chi connectivity index (χ4v) is 5.11. The Morgan fingerprint density at radius 1 is 1.03 bits per heavy atom. The highest BCUT2D eigenvalue weighted by Crippen LogP contribution is 2.36. The zero-order chi connectivity index (χ0) is 23.4. The zero-order valence-corrected chi connectivity index (χ0v) is 19.4. The molecule has 6 nitrogen and oxygen atoms in total. The second-order valence-corrected chi connectivity index (χ2v) is 9.34. The number of amides is 2. The minimum Gasteiger partial charge on any atom is -0.481 e. The SMILES string of the molecule is O=C(O)CCNC(=O)CCCN1C(=O)/C(=C/c2c3ccccc3cc3ccccc23)SC1=S. The third kappa shape index (κ3) is 5.23. The van der Waals surface area contributed by atoms with Crippen LogP contribution in [0.15, 0.2) is 59.5 Å². The van der Waals surface area contributed by atoms with E-state index in [9.17, 15) is 14.4 Å². The summed E-state index contributed by atoms with van der Waals surface area (Å²) in [6.07, 6.45) is 2.44. The second kappa shape index (κ2) is 10.1. The molecule has 2 amide bonds. The number of carboxylic acids is 1. The lowest BCUT2D eigenvalue weighted by atomic mass is 9.96. The molecule has 3 aromatic carbocycles. The molecule has 33 heavy (non-hydrogen) atoms. The van der Waals surface area contributed by atoms with Crippen LogP contribution in [0.2, 0.25) is 0 Å². The van der Waals surface area contributed by atoms with Gasteiger partial charge >= 0.3 is 5.97 Å². The van der Waals surface area contributed by atoms with Gasteiger partial charge in [0.15, 0.2) is 0 Å². The molecule has 0 unspecified atom stereocenters. The molecular formula is C25H22N2O4S2. The molecule has 1 saturated heterocycles. The highest BCUT2D eigenvalue weighted by molar-refractivity contribution is 8.26. The fourth-order valence-electron chi connectivity index (χ4n) is 3.82. The molecule has 1 aliphatic heterocycles. The summed E-state index contributed by atoms with van der Waals surface area (Å²) in [6, 6.07) is 18.3. The van der Waals surface area contributed by atoms with Crippen molar-refractivity contribution in [1.29, 1.82) is 0 Å². The Morgan fingerprint density at radius 3 is 2.30 bits per heavy atom. The van der Waals surface area contributed by atoms with Crippen LogP contribution >= 0.6 is 24.0 Å². The molecule has 0 atom stereocenters. The largest absolute Gasteiger partial charge is 0.481 e. The van der Waals surface area contributed by atoms with Crippen LogP contribution in [0.25, 0.3) is 27.6 Å². The summed E-state index contributed by atoms with van der Waals surface area (Å²) >= 11 is 6.71. The molecule has 0 aromatic heterocycles. The van der Waals surface area contributed by atoms with Crippen molar-refractivity contribution >= 4 is 73.7 Å². The number of carbonyl (C=O) groups is 3. The van der Waals surface area contributed by atoms with Gasteiger partial charge in [-0.3, -0.25) is 19.3 Å². The minimum absolute atomic E-state index is 0.0942. The van der Waals surface area contributed by atoms with Crippen LogP contribution in [-0.2, 0) is 14.4 Å². The van der Waals surface area contributed by atoms with Crippen molar-refractivity contribution in [3.05, 3.63) is 65.1 Å². The summed E-state index contributed by atoms with van der Waals surface area (Å²) < 4.78 is 0.474. The number of hydrogen-bond donors (Lipinski definition) is 2. The summed E-state index contributed by atoms with van der Waals surface area (Å²) in [7, 11) is 0. The lowest BCUT2D eigenvalue weighted by Gasteiger charge is -2.14. The maximum Gasteiger partial charge on any atom is 0.305 e. The van der Waals surface area contributed by atoms with Gasteiger partial charge in [0.25, 0.3) is 5.91 Å². The first-order valence-corrected chi connectivity index (χ1v) is 11.8. The van der Waals surface area contributed by atoms with Gasteiger partial charge in [-0.25, -0.2) is 0 Å². The van der Waals surface area contributed by atoms with Gasteiger partial charge in [-0.1, -0.05) is 72.5 Å². The molecule has 0 radical (unpaired) electrons. The number of rotatable bonds is 8. The van der Waals surface area contributed by atoms with Crippen LogP contribution < -0.4 is 5.32 Å². The average molecular weight is 479 g/mol. The van der Waals surface area contributed by atoms with Gasteiger partial charge in [0, 0.05) is 19.5 Å². The molecule has 4 rings (SSSR count). The van der Waals surface area contributed by atoms with E-state index in [0.29, 0.717) is 22.2 Å². The number of nitrogens with zero attached hydrogens (tertiary/aromatic N) is 1. The molecule has 1 heterocycles. The summed E-state index contributed by atoms with van der Waals surface area (Å²) in [4.78, 5) is 37.6. The van der Waals surface area contributed by atoms with E-state index in [1.165, 1.54) is 16.7 Å². The van der Waals surface area contributed by atoms with Gasteiger partial charge in [-0.15, -0.1) is 0 Å². The highest BCUT2D eigenvalue weighted by atomic mass is 32.2. The number of thiocarbonyl (C=S) groups is 1. The first kappa shape index (κ1) is 22.9. The average Bonchev–Trinajstić information content (AvgIpc) is 3.06. The Bertz CT molecular complexity index is 1250. The van der Waals surface area contributed by atoms with Crippen LogP contribution in [0.5, 0.6) is 0 Å². The molecule has 1 fully saturated rings. The predicted molar refractivity (Wildman–Crippen MR) is 136 cm³/mol. The monoisotopic (exact) mass is 478 g/mol. The molecule has 168 valence electrons. The fraction of sp³-hybridized carbons (Fsp3) is 0.200. The second-order valence-electron chi connectivity index (χ2n) is 7.66. The molecule has 0 saturated carbocycles. The van der Waals surface area contributed by atoms with Gasteiger partial charge in [-0.05, 0) is 45.7 Å². The Morgan fingerprint density at radius 2 is 1.67 bits per heavy atom. The lowest BCUT2D eigenvalue weighted by molar-refractivity contribution is -0.137. The number of carbonyl (C=O) groups excluding carboxylic acids is 2. The molecule has 2 N–H and O–H groups in total. The van der Waals surface area contributed by atoms with Crippen molar-refractivity contribution in [2.24, 2.45) is 0 Å². The highest BCUT2D eigenvalue weighted by Gasteiger charge is 2.32. The van der Waals surface area contributed by atoms with Crippen molar-refractivity contribution in [3.8, 4) is 0 Å². The van der Waals surface area contributed by atoms with Crippen LogP contribution in [-0.4, -0.2) is 45.2 Å². The third-order valence-corrected chi connectivity index (χ3v) is 6.79. The van der Waals surface area contributed by atoms with Gasteiger partial charge < -0.3 is 10.4 Å². The summed E-state index contributed by atoms with van der Waals surface area (Å²) in [5.74, 6) is -1.36. The van der Waals surface area contributed by atoms with Gasteiger partial charge in [0.2, 0.25) is 5.91 Å². The van der Waals surface area contributed by atoms with E-state index in [-0.39, 0.29) is 31.2 Å². The maximum absolute atomic E-state index is 13.1. The van der Waals surface area contributed by atoms with E-state index in [2.05, 4.69) is 35.6 Å². The van der Waals surface area contributed by atoms with E-state index < -0.39 is 5.97 Å². The Kier molecular flexibility index (Phi) is 7.05. The van der Waals surface area contributed by atoms with Crippen LogP contribution in [0, 0.1) is 0 Å². The maximum atomic E-state index is 13.1. The number of nitrogens with one attached hydrogen (secondary N) is 1. The standard InChI is InChI=1S/C25H22N2O4S2/c28-22(26-12-11-23(29)30)10-5-13-27-24(31)21(33-25(27)32)15-20-18-8-3-1-6-16(18)14-17-7-2-4-9-19(17)20/h1-4,6-9,14-15H,5,10-13H2,(H,26,28)(H,29,30)/b21-15-. The number of hydrogen-bond acceptors (Lipinski definition) is 5. The molecule has 0 aliphatic carbocycles. The number of benzene rings is 3. The van der Waals surface area contributed by atoms with E-state index in [1.807, 2.05) is 30.3 Å². The summed E-state index contributed by atoms with van der Waals surface area (Å²) in [5, 5.41) is 15.5. The quantitative estimate of drug-likeness (QED) is 0.280. The molecule has 0 spiro atoms. The topological polar surface area (TPSA) is 86.7 Å². The van der Waals surface area contributed by atoms with Crippen LogP contribution in [0.4, 0.5) is 0 Å². The van der Waals surface area contributed by atoms with Crippen molar-refractivity contribution in [2.75, 3.05) is 13.1 Å². The van der Waals surface area contributed by atoms with E-state index in [1.54, 1.807) is 0 Å². The van der Waals surface area contributed by atoms with E-state index in [4.69, 9.17) is 17.3 Å². The first-order valence-electron chi connectivity index (χ1n) is 10.6. The molecule has 1 aliphatic rings. The van der Waals surface area contributed by atoms with Crippen molar-refractivity contribution in [2.45, 2.75) is 19.3 Å². The normalized spacial score (nSPS) is 15.0. The third-order valence-electron chi connectivity index (χ3n) is 5.41. The number of fused-ring (bicyclic) bond motifs is 2. The van der Waals surface area contributed by atoms with Crippen LogP contribution in [0.3, 0.4) is 0 Å². The smallest absolute Gasteiger partial charge is 0.305 e. The zero-order valence-electron chi connectivity index (χ0n) is 17.7. The van der Waals surface area contributed by atoms with Crippen molar-refractivity contribution in [1.82, 2.24) is 10.2 Å². The van der Waals surface area contributed by atoms with Crippen molar-refractivity contribution < 1.29 is 19.5 Å². The minimum atomic E-state index is -0.960. The van der Waals surface area contributed by atoms with E-state index >= 15 is 0 Å². The Hall–Kier alpha value is -3.23. The van der Waals surface area contributed by atoms with Gasteiger partial charge in [0.05, 0.1) is 11.3 Å². The van der Waals surface area contributed by atoms with Crippen molar-refractivity contribution in [3.63, 3.8) is 0 Å². The summed E-state index contributed by atoms with van der Waals surface area (Å²) in [5.41, 5.74) is 0.988. The number of aliphatic carboxylic acids is 1. The predicted octanol–water partition coefficient (Wildman–Crippen LogP) is 4.57. The molecule has 8 heteroatoms. The van der Waals surface area contributed by atoms with Crippen LogP contribution in [0.1, 0.15) is 24.8 Å². The molecular weight excluding hydrogens is 456 g/mol. The molecule has 3 aromatic rings. The van der Waals surface area contributed by atoms with E-state index in [0.717, 1.165) is 27.1 Å². The summed E-state index contributed by atoms with van der Waals surface area (Å²) in [6.45, 7) is 0.432. The Labute approximate surface area is 200 Å². The molecule has 0 bridgehead atoms. The van der Waals surface area contributed by atoms with Gasteiger partial charge in [0.1, 0.15) is 4.32 Å². The van der Waals surface area contributed by atoms with Gasteiger partial charge in [-0.2, -0.15) is 0 Å². The first-order chi connectivity index (χ1) is 15.9. The lowest BCUT2D eigenvalue weighted by Crippen LogP contribution is -2.31.